The molecule has 1 N–H and O–H groups in total. The number of amides is 2. The highest BCUT2D eigenvalue weighted by Crippen LogP contribution is 2.23. The Morgan fingerprint density at radius 2 is 2.38 bits per heavy atom. The number of likely N-dealkylation sites (tertiary alicyclic amines) is 1. The van der Waals surface area contributed by atoms with Crippen LogP contribution in [0.5, 0.6) is 0 Å². The first-order valence-corrected chi connectivity index (χ1v) is 4.14. The van der Waals surface area contributed by atoms with Crippen molar-refractivity contribution < 1.29 is 9.18 Å². The van der Waals surface area contributed by atoms with E-state index in [4.69, 9.17) is 5.26 Å². The van der Waals surface area contributed by atoms with Crippen molar-refractivity contribution in [3.05, 3.63) is 0 Å². The third kappa shape index (κ3) is 2.58. The Labute approximate surface area is 76.3 Å². The van der Waals surface area contributed by atoms with E-state index in [-0.39, 0.29) is 25.5 Å². The van der Waals surface area contributed by atoms with Crippen LogP contribution in [0, 0.1) is 11.3 Å². The molecule has 0 aromatic heterocycles. The van der Waals surface area contributed by atoms with Crippen molar-refractivity contribution in [3.8, 4) is 6.07 Å². The van der Waals surface area contributed by atoms with E-state index in [0.717, 1.165) is 0 Å². The number of halogens is 1. The molecule has 13 heavy (non-hydrogen) atoms. The molecule has 5 heteroatoms. The molecule has 0 unspecified atom stereocenters. The number of rotatable bonds is 2. The predicted octanol–water partition coefficient (Wildman–Crippen LogP) is 0.653. The van der Waals surface area contributed by atoms with Crippen LogP contribution in [-0.2, 0) is 0 Å². The molecular formula is C8H12FN3O. The first-order chi connectivity index (χ1) is 6.05. The number of carbonyl (C=O) groups excluding carboxylic acids is 1. The number of hydrogen-bond donors (Lipinski definition) is 1. The molecule has 0 saturated carbocycles. The molecule has 1 heterocycles. The molecule has 0 aromatic rings. The Hall–Kier alpha value is -1.31. The number of carbonyl (C=O) groups is 1. The van der Waals surface area contributed by atoms with Gasteiger partial charge in [-0.2, -0.15) is 5.26 Å². The third-order valence-electron chi connectivity index (χ3n) is 1.84. The minimum absolute atomic E-state index is 0.144. The van der Waals surface area contributed by atoms with Gasteiger partial charge in [0, 0.05) is 6.54 Å². The van der Waals surface area contributed by atoms with Gasteiger partial charge in [0.15, 0.2) is 0 Å². The van der Waals surface area contributed by atoms with Gasteiger partial charge in [0.05, 0.1) is 25.6 Å². The number of alkyl halides is 1. The maximum absolute atomic E-state index is 12.9. The molecule has 0 aliphatic carbocycles. The highest BCUT2D eigenvalue weighted by Gasteiger charge is 2.41. The molecule has 1 fully saturated rings. The van der Waals surface area contributed by atoms with Crippen molar-refractivity contribution in [2.75, 3.05) is 19.6 Å². The molecule has 1 saturated heterocycles. The smallest absolute Gasteiger partial charge is 0.317 e. The quantitative estimate of drug-likeness (QED) is 0.642. The second-order valence-electron chi connectivity index (χ2n) is 3.41. The van der Waals surface area contributed by atoms with Crippen molar-refractivity contribution in [1.82, 2.24) is 10.2 Å². The van der Waals surface area contributed by atoms with E-state index < -0.39 is 5.67 Å². The van der Waals surface area contributed by atoms with Crippen LogP contribution in [0.3, 0.4) is 0 Å². The van der Waals surface area contributed by atoms with Crippen LogP contribution >= 0.6 is 0 Å². The molecule has 1 aliphatic heterocycles. The zero-order valence-corrected chi connectivity index (χ0v) is 7.51. The van der Waals surface area contributed by atoms with Crippen LogP contribution in [0.1, 0.15) is 13.3 Å². The molecule has 72 valence electrons. The first kappa shape index (κ1) is 9.78. The van der Waals surface area contributed by atoms with E-state index in [1.54, 1.807) is 0 Å². The Kier molecular flexibility index (Phi) is 2.71. The number of urea groups is 1. The Morgan fingerprint density at radius 3 is 2.85 bits per heavy atom. The molecule has 1 rings (SSSR count). The molecule has 1 aliphatic rings. The summed E-state index contributed by atoms with van der Waals surface area (Å²) >= 11 is 0. The summed E-state index contributed by atoms with van der Waals surface area (Å²) in [5.41, 5.74) is -1.23. The molecule has 0 radical (unpaired) electrons. The zero-order chi connectivity index (χ0) is 9.90. The van der Waals surface area contributed by atoms with Gasteiger partial charge in [-0.1, -0.05) is 0 Å². The van der Waals surface area contributed by atoms with Crippen LogP contribution in [0.4, 0.5) is 9.18 Å². The van der Waals surface area contributed by atoms with Crippen LogP contribution in [0.2, 0.25) is 0 Å². The fourth-order valence-electron chi connectivity index (χ4n) is 1.23. The van der Waals surface area contributed by atoms with Crippen molar-refractivity contribution in [2.45, 2.75) is 19.0 Å². The van der Waals surface area contributed by atoms with Crippen LogP contribution in [-0.4, -0.2) is 36.2 Å². The number of nitrogens with zero attached hydrogens (tertiary/aromatic N) is 2. The topological polar surface area (TPSA) is 56.1 Å². The van der Waals surface area contributed by atoms with E-state index in [1.165, 1.54) is 11.8 Å². The Balaban J connectivity index is 2.17. The van der Waals surface area contributed by atoms with Crippen molar-refractivity contribution >= 4 is 6.03 Å². The molecule has 0 bridgehead atoms. The lowest BCUT2D eigenvalue weighted by Gasteiger charge is -2.41. The fraction of sp³-hybridized carbons (Fsp3) is 0.750. The lowest BCUT2D eigenvalue weighted by atomic mass is 10.00. The predicted molar refractivity (Wildman–Crippen MR) is 44.7 cm³/mol. The summed E-state index contributed by atoms with van der Waals surface area (Å²) in [6.45, 7) is 2.08. The van der Waals surface area contributed by atoms with Gasteiger partial charge in [0.25, 0.3) is 0 Å². The minimum Gasteiger partial charge on any atom is -0.337 e. The SMILES string of the molecule is CC1(F)CN(C(=O)NCCC#N)C1. The summed E-state index contributed by atoms with van der Waals surface area (Å²) in [5, 5.41) is 10.7. The summed E-state index contributed by atoms with van der Waals surface area (Å²) in [7, 11) is 0. The van der Waals surface area contributed by atoms with E-state index >= 15 is 0 Å². The fourth-order valence-corrected chi connectivity index (χ4v) is 1.23. The van der Waals surface area contributed by atoms with Crippen molar-refractivity contribution in [2.24, 2.45) is 0 Å². The van der Waals surface area contributed by atoms with Gasteiger partial charge in [-0.05, 0) is 6.92 Å². The lowest BCUT2D eigenvalue weighted by molar-refractivity contribution is 0.0102. The van der Waals surface area contributed by atoms with Gasteiger partial charge in [0.1, 0.15) is 5.67 Å². The second-order valence-corrected chi connectivity index (χ2v) is 3.41. The number of nitriles is 1. The highest BCUT2D eigenvalue weighted by atomic mass is 19.1. The van der Waals surface area contributed by atoms with E-state index in [1.807, 2.05) is 6.07 Å². The summed E-state index contributed by atoms with van der Waals surface area (Å²) in [6, 6.07) is 1.62. The van der Waals surface area contributed by atoms with Gasteiger partial charge in [-0.25, -0.2) is 9.18 Å². The molecule has 0 aromatic carbocycles. The monoisotopic (exact) mass is 185 g/mol. The van der Waals surface area contributed by atoms with Gasteiger partial charge >= 0.3 is 6.03 Å². The number of hydrogen-bond acceptors (Lipinski definition) is 2. The van der Waals surface area contributed by atoms with E-state index in [9.17, 15) is 9.18 Å². The van der Waals surface area contributed by atoms with Gasteiger partial charge in [-0.15, -0.1) is 0 Å². The van der Waals surface area contributed by atoms with Crippen LogP contribution < -0.4 is 5.32 Å². The maximum Gasteiger partial charge on any atom is 0.317 e. The number of nitrogens with one attached hydrogen (secondary N) is 1. The van der Waals surface area contributed by atoms with Crippen molar-refractivity contribution in [3.63, 3.8) is 0 Å². The third-order valence-corrected chi connectivity index (χ3v) is 1.84. The molecule has 0 atom stereocenters. The minimum atomic E-state index is -1.23. The maximum atomic E-state index is 12.9. The molecular weight excluding hydrogens is 173 g/mol. The van der Waals surface area contributed by atoms with E-state index in [0.29, 0.717) is 6.54 Å². The van der Waals surface area contributed by atoms with Crippen molar-refractivity contribution in [1.29, 1.82) is 5.26 Å². The normalized spacial score (nSPS) is 18.7. The first-order valence-electron chi connectivity index (χ1n) is 4.14. The molecule has 4 nitrogen and oxygen atoms in total. The van der Waals surface area contributed by atoms with Gasteiger partial charge in [-0.3, -0.25) is 0 Å². The zero-order valence-electron chi connectivity index (χ0n) is 7.51. The summed E-state index contributed by atoms with van der Waals surface area (Å²) in [6.07, 6.45) is 0.284. The van der Waals surface area contributed by atoms with Gasteiger partial charge in [0.2, 0.25) is 0 Å². The summed E-state index contributed by atoms with van der Waals surface area (Å²) < 4.78 is 12.9. The van der Waals surface area contributed by atoms with E-state index in [2.05, 4.69) is 5.32 Å². The van der Waals surface area contributed by atoms with Gasteiger partial charge < -0.3 is 10.2 Å². The standard InChI is InChI=1S/C8H12FN3O/c1-8(9)5-12(6-8)7(13)11-4-2-3-10/h2,4-6H2,1H3,(H,11,13). The van der Waals surface area contributed by atoms with Crippen LogP contribution in [0.15, 0.2) is 0 Å². The largest absolute Gasteiger partial charge is 0.337 e. The second kappa shape index (κ2) is 3.60. The highest BCUT2D eigenvalue weighted by molar-refractivity contribution is 5.75. The average molecular weight is 185 g/mol. The van der Waals surface area contributed by atoms with Crippen LogP contribution in [0.25, 0.3) is 0 Å². The lowest BCUT2D eigenvalue weighted by Crippen LogP contribution is -2.61. The molecule has 2 amide bonds. The molecule has 0 spiro atoms. The average Bonchev–Trinajstić information content (AvgIpc) is 2.00. The summed E-state index contributed by atoms with van der Waals surface area (Å²) in [4.78, 5) is 12.5. The Morgan fingerprint density at radius 1 is 1.77 bits per heavy atom. The Bertz CT molecular complexity index is 238. The summed E-state index contributed by atoms with van der Waals surface area (Å²) in [5.74, 6) is 0.